The van der Waals surface area contributed by atoms with Gasteiger partial charge in [-0.1, -0.05) is 24.1 Å². The lowest BCUT2D eigenvalue weighted by molar-refractivity contribution is -0.905. The number of amides is 1. The van der Waals surface area contributed by atoms with Crippen molar-refractivity contribution in [1.82, 2.24) is 0 Å². The molecule has 3 N–H and O–H groups in total. The Labute approximate surface area is 157 Å². The van der Waals surface area contributed by atoms with Gasteiger partial charge in [0, 0.05) is 24.6 Å². The average molecular weight is 369 g/mol. The zero-order valence-electron chi connectivity index (χ0n) is 15.2. The van der Waals surface area contributed by atoms with E-state index in [0.29, 0.717) is 5.69 Å². The number of carbonyl (C=O) groups excluding carboxylic acids is 1. The number of nitrogens with one attached hydrogen (secondary N) is 2. The number of hydrogen-bond donors (Lipinski definition) is 3. The maximum atomic E-state index is 12.0. The van der Waals surface area contributed by atoms with Crippen LogP contribution in [0.25, 0.3) is 0 Å². The first kappa shape index (κ1) is 23.3. The number of carbonyl (C=O) groups is 1. The van der Waals surface area contributed by atoms with E-state index in [2.05, 4.69) is 18.2 Å². The van der Waals surface area contributed by atoms with Gasteiger partial charge in [0.25, 0.3) is 0 Å². The van der Waals surface area contributed by atoms with Crippen LogP contribution in [-0.4, -0.2) is 42.5 Å². The van der Waals surface area contributed by atoms with Gasteiger partial charge in [-0.3, -0.25) is 5.32 Å². The number of piperidine rings is 1. The van der Waals surface area contributed by atoms with Crippen molar-refractivity contribution in [3.05, 3.63) is 30.3 Å². The first-order chi connectivity index (χ1) is 11.4. The first-order valence-electron chi connectivity index (χ1n) is 8.45. The van der Waals surface area contributed by atoms with Crippen molar-refractivity contribution in [3.8, 4) is 12.3 Å². The van der Waals surface area contributed by atoms with Crippen LogP contribution in [0.3, 0.4) is 0 Å². The monoisotopic (exact) mass is 368 g/mol. The zero-order chi connectivity index (χ0) is 18.0. The Kier molecular flexibility index (Phi) is 10.9. The molecule has 0 aliphatic carbocycles. The number of para-hydroxylation sites is 1. The van der Waals surface area contributed by atoms with E-state index in [1.165, 1.54) is 4.90 Å². The maximum Gasteiger partial charge on any atom is 0.413 e. The van der Waals surface area contributed by atoms with Crippen LogP contribution in [-0.2, 0) is 4.74 Å². The Hall–Kier alpha value is -1.74. The Morgan fingerprint density at radius 2 is 1.88 bits per heavy atom. The number of rotatable bonds is 3. The largest absolute Gasteiger partial charge is 1.00 e. The highest BCUT2D eigenvalue weighted by atomic mass is 35.5. The average Bonchev–Trinajstić information content (AvgIpc) is 2.56. The van der Waals surface area contributed by atoms with E-state index in [9.17, 15) is 4.79 Å². The van der Waals surface area contributed by atoms with Crippen LogP contribution in [0.4, 0.5) is 10.5 Å². The van der Waals surface area contributed by atoms with E-state index in [4.69, 9.17) is 16.3 Å². The summed E-state index contributed by atoms with van der Waals surface area (Å²) in [5, 5.41) is 10.8. The van der Waals surface area contributed by atoms with Gasteiger partial charge in [-0.25, -0.2) is 4.79 Å². The highest BCUT2D eigenvalue weighted by Crippen LogP contribution is 2.21. The SMILES string of the molecule is C#CC1(OC(=O)Nc2ccccc2)CC[NH+](CC)CC1.CC(C)O.[Cl-]. The van der Waals surface area contributed by atoms with Gasteiger partial charge in [-0.15, -0.1) is 6.42 Å². The number of terminal acetylenes is 1. The third-order valence-electron chi connectivity index (χ3n) is 3.84. The molecule has 0 atom stereocenters. The molecular formula is C19H29ClN2O3. The van der Waals surface area contributed by atoms with Gasteiger partial charge in [-0.2, -0.15) is 0 Å². The van der Waals surface area contributed by atoms with E-state index >= 15 is 0 Å². The minimum absolute atomic E-state index is 0. The number of likely N-dealkylation sites (tertiary alicyclic amines) is 1. The van der Waals surface area contributed by atoms with Crippen molar-refractivity contribution in [2.45, 2.75) is 45.3 Å². The molecule has 6 heteroatoms. The van der Waals surface area contributed by atoms with Crippen LogP contribution < -0.4 is 22.6 Å². The molecule has 1 aliphatic heterocycles. The van der Waals surface area contributed by atoms with Crippen LogP contribution in [0.5, 0.6) is 0 Å². The van der Waals surface area contributed by atoms with Crippen molar-refractivity contribution in [1.29, 1.82) is 0 Å². The second-order valence-corrected chi connectivity index (χ2v) is 6.22. The second-order valence-electron chi connectivity index (χ2n) is 6.22. The molecule has 140 valence electrons. The van der Waals surface area contributed by atoms with Crippen molar-refractivity contribution >= 4 is 11.8 Å². The molecule has 2 rings (SSSR count). The Morgan fingerprint density at radius 3 is 2.32 bits per heavy atom. The fourth-order valence-corrected chi connectivity index (χ4v) is 2.48. The normalized spacial score (nSPS) is 21.8. The summed E-state index contributed by atoms with van der Waals surface area (Å²) in [6, 6.07) is 9.23. The molecule has 25 heavy (non-hydrogen) atoms. The first-order valence-corrected chi connectivity index (χ1v) is 8.45. The summed E-state index contributed by atoms with van der Waals surface area (Å²) in [7, 11) is 0. The van der Waals surface area contributed by atoms with Crippen molar-refractivity contribution in [3.63, 3.8) is 0 Å². The van der Waals surface area contributed by atoms with Gasteiger partial charge in [0.15, 0.2) is 5.60 Å². The molecule has 0 spiro atoms. The number of halogens is 1. The van der Waals surface area contributed by atoms with E-state index in [0.717, 1.165) is 32.5 Å². The molecule has 1 saturated heterocycles. The fourth-order valence-electron chi connectivity index (χ4n) is 2.48. The predicted molar refractivity (Wildman–Crippen MR) is 95.9 cm³/mol. The summed E-state index contributed by atoms with van der Waals surface area (Å²) in [4.78, 5) is 13.5. The highest BCUT2D eigenvalue weighted by Gasteiger charge is 2.38. The number of benzene rings is 1. The lowest BCUT2D eigenvalue weighted by Crippen LogP contribution is -3.13. The molecule has 1 amide bonds. The van der Waals surface area contributed by atoms with E-state index in [1.54, 1.807) is 13.8 Å². The lowest BCUT2D eigenvalue weighted by Gasteiger charge is -2.35. The zero-order valence-corrected chi connectivity index (χ0v) is 16.0. The quantitative estimate of drug-likeness (QED) is 0.581. The summed E-state index contributed by atoms with van der Waals surface area (Å²) in [6.07, 6.45) is 6.39. The smallest absolute Gasteiger partial charge is 0.413 e. The van der Waals surface area contributed by atoms with E-state index in [1.807, 2.05) is 30.3 Å². The molecule has 1 aliphatic rings. The predicted octanol–water partition coefficient (Wildman–Crippen LogP) is -1.30. The molecule has 0 aromatic heterocycles. The standard InChI is InChI=1S/C16H20N2O2.C3H8O.ClH/c1-3-16(10-12-18(4-2)13-11-16)20-15(19)17-14-8-6-5-7-9-14;1-3(2)4;/h1,5-9H,4,10-13H2,2H3,(H,17,19);3-4H,1-2H3;1H. The minimum atomic E-state index is -0.752. The van der Waals surface area contributed by atoms with Gasteiger partial charge < -0.3 is 27.2 Å². The summed E-state index contributed by atoms with van der Waals surface area (Å²) < 4.78 is 5.53. The molecule has 1 aromatic rings. The number of hydrogen-bond acceptors (Lipinski definition) is 3. The van der Waals surface area contributed by atoms with Gasteiger partial charge in [0.05, 0.1) is 19.6 Å². The van der Waals surface area contributed by atoms with Crippen LogP contribution in [0.1, 0.15) is 33.6 Å². The molecule has 1 heterocycles. The minimum Gasteiger partial charge on any atom is -1.00 e. The lowest BCUT2D eigenvalue weighted by atomic mass is 9.92. The number of aliphatic hydroxyl groups is 1. The fraction of sp³-hybridized carbons (Fsp3) is 0.526. The highest BCUT2D eigenvalue weighted by molar-refractivity contribution is 5.85. The molecule has 0 unspecified atom stereocenters. The number of aliphatic hydroxyl groups excluding tert-OH is 1. The number of ether oxygens (including phenoxy) is 1. The number of anilines is 1. The van der Waals surface area contributed by atoms with Crippen LogP contribution in [0, 0.1) is 12.3 Å². The van der Waals surface area contributed by atoms with Crippen LogP contribution in [0.15, 0.2) is 30.3 Å². The molecule has 0 bridgehead atoms. The third-order valence-corrected chi connectivity index (χ3v) is 3.84. The summed E-state index contributed by atoms with van der Waals surface area (Å²) in [6.45, 7) is 8.57. The van der Waals surface area contributed by atoms with Crippen LogP contribution in [0.2, 0.25) is 0 Å². The van der Waals surface area contributed by atoms with Crippen molar-refractivity contribution < 1.29 is 31.9 Å². The third kappa shape index (κ3) is 8.78. The van der Waals surface area contributed by atoms with Crippen molar-refractivity contribution in [2.24, 2.45) is 0 Å². The second kappa shape index (κ2) is 11.8. The van der Waals surface area contributed by atoms with E-state index in [-0.39, 0.29) is 18.5 Å². The number of quaternary nitrogens is 1. The molecule has 1 aromatic carbocycles. The van der Waals surface area contributed by atoms with Gasteiger partial charge in [0.2, 0.25) is 0 Å². The topological polar surface area (TPSA) is 63.0 Å². The Balaban J connectivity index is 0.00000104. The molecular weight excluding hydrogens is 340 g/mol. The summed E-state index contributed by atoms with van der Waals surface area (Å²) in [5.41, 5.74) is -0.0429. The molecule has 1 fully saturated rings. The van der Waals surface area contributed by atoms with Crippen molar-refractivity contribution in [2.75, 3.05) is 25.0 Å². The Bertz CT molecular complexity index is 533. The molecule has 0 saturated carbocycles. The molecule has 5 nitrogen and oxygen atoms in total. The maximum absolute atomic E-state index is 12.0. The van der Waals surface area contributed by atoms with Gasteiger partial charge in [0.1, 0.15) is 0 Å². The van der Waals surface area contributed by atoms with Gasteiger partial charge >= 0.3 is 6.09 Å². The summed E-state index contributed by atoms with van der Waals surface area (Å²) in [5.74, 6) is 2.68. The van der Waals surface area contributed by atoms with Gasteiger partial charge in [-0.05, 0) is 32.9 Å². The molecule has 0 radical (unpaired) electrons. The summed E-state index contributed by atoms with van der Waals surface area (Å²) >= 11 is 0. The van der Waals surface area contributed by atoms with E-state index < -0.39 is 11.7 Å². The van der Waals surface area contributed by atoms with Crippen LogP contribution >= 0.6 is 0 Å². The Morgan fingerprint density at radius 1 is 1.36 bits per heavy atom.